The Balaban J connectivity index is 2.68. The van der Waals surface area contributed by atoms with Crippen LogP contribution in [0.5, 0.6) is 5.75 Å². The van der Waals surface area contributed by atoms with Crippen molar-refractivity contribution in [3.63, 3.8) is 0 Å². The van der Waals surface area contributed by atoms with E-state index in [0.29, 0.717) is 6.61 Å². The monoisotopic (exact) mass is 293 g/mol. The van der Waals surface area contributed by atoms with Crippen LogP contribution in [-0.2, 0) is 0 Å². The molecule has 0 amide bonds. The van der Waals surface area contributed by atoms with E-state index in [-0.39, 0.29) is 23.9 Å². The lowest BCUT2D eigenvalue weighted by atomic mass is 10.2. The number of rotatable bonds is 8. The first-order valence-corrected chi connectivity index (χ1v) is 6.71. The fourth-order valence-electron chi connectivity index (χ4n) is 1.41. The lowest BCUT2D eigenvalue weighted by Crippen LogP contribution is -2.21. The molecule has 108 valence electrons. The number of hydrogen-bond acceptors (Lipinski definition) is 3. The van der Waals surface area contributed by atoms with Gasteiger partial charge in [0, 0.05) is 18.7 Å². The Labute approximate surface area is 116 Å². The van der Waals surface area contributed by atoms with Gasteiger partial charge in [0.15, 0.2) is 11.6 Å². The van der Waals surface area contributed by atoms with Crippen LogP contribution < -0.4 is 10.1 Å². The first-order valence-electron chi connectivity index (χ1n) is 6.18. The van der Waals surface area contributed by atoms with E-state index < -0.39 is 17.7 Å². The van der Waals surface area contributed by atoms with E-state index in [1.165, 1.54) is 0 Å². The Morgan fingerprint density at radius 2 is 2.00 bits per heavy atom. The molecule has 0 fully saturated rings. The van der Waals surface area contributed by atoms with Crippen LogP contribution >= 0.6 is 11.6 Å². The van der Waals surface area contributed by atoms with Gasteiger partial charge >= 0.3 is 0 Å². The summed E-state index contributed by atoms with van der Waals surface area (Å²) >= 11 is 5.40. The Hall–Kier alpha value is -1.07. The van der Waals surface area contributed by atoms with Crippen LogP contribution in [0.15, 0.2) is 12.1 Å². The third kappa shape index (κ3) is 5.20. The molecule has 0 aromatic heterocycles. The second kappa shape index (κ2) is 8.17. The molecule has 0 radical (unpaired) electrons. The number of ether oxygens (including phenoxy) is 1. The predicted molar refractivity (Wildman–Crippen MR) is 72.0 cm³/mol. The summed E-state index contributed by atoms with van der Waals surface area (Å²) in [5.74, 6) is -1.36. The van der Waals surface area contributed by atoms with Crippen molar-refractivity contribution in [2.75, 3.05) is 24.3 Å². The topological polar surface area (TPSA) is 41.5 Å². The minimum absolute atomic E-state index is 0.00551. The Morgan fingerprint density at radius 3 is 2.53 bits per heavy atom. The zero-order chi connectivity index (χ0) is 14.3. The molecule has 0 heterocycles. The molecule has 0 aliphatic carbocycles. The summed E-state index contributed by atoms with van der Waals surface area (Å²) in [6.07, 6.45) is 0.910. The molecule has 0 spiro atoms. The van der Waals surface area contributed by atoms with E-state index in [0.717, 1.165) is 25.0 Å². The minimum Gasteiger partial charge on any atom is -0.493 e. The van der Waals surface area contributed by atoms with E-state index in [1.807, 2.05) is 6.92 Å². The van der Waals surface area contributed by atoms with Crippen LogP contribution in [0.25, 0.3) is 0 Å². The molecule has 0 bridgehead atoms. The second-order valence-corrected chi connectivity index (χ2v) is 4.46. The second-order valence-electron chi connectivity index (χ2n) is 4.15. The van der Waals surface area contributed by atoms with Gasteiger partial charge in [0.05, 0.1) is 18.6 Å². The van der Waals surface area contributed by atoms with Gasteiger partial charge in [0.25, 0.3) is 0 Å². The smallest absolute Gasteiger partial charge is 0.152 e. The Morgan fingerprint density at radius 1 is 1.37 bits per heavy atom. The molecule has 3 nitrogen and oxygen atoms in total. The van der Waals surface area contributed by atoms with Crippen molar-refractivity contribution in [1.29, 1.82) is 0 Å². The number of halogens is 3. The van der Waals surface area contributed by atoms with Crippen LogP contribution in [0.2, 0.25) is 0 Å². The van der Waals surface area contributed by atoms with Gasteiger partial charge in [-0.2, -0.15) is 0 Å². The van der Waals surface area contributed by atoms with Crippen LogP contribution in [0.3, 0.4) is 0 Å². The van der Waals surface area contributed by atoms with Crippen molar-refractivity contribution in [3.05, 3.63) is 23.8 Å². The Bertz CT molecular complexity index is 381. The molecule has 1 unspecified atom stereocenters. The number of aliphatic hydroxyl groups excluding tert-OH is 1. The van der Waals surface area contributed by atoms with Gasteiger partial charge in [0.2, 0.25) is 0 Å². The maximum absolute atomic E-state index is 13.7. The fraction of sp³-hybridized carbons (Fsp3) is 0.538. The van der Waals surface area contributed by atoms with Crippen molar-refractivity contribution in [2.45, 2.75) is 25.9 Å². The highest BCUT2D eigenvalue weighted by Gasteiger charge is 2.13. The quantitative estimate of drug-likeness (QED) is 0.571. The number of aliphatic hydroxyl groups is 1. The summed E-state index contributed by atoms with van der Waals surface area (Å²) in [6.45, 7) is 2.40. The Kier molecular flexibility index (Phi) is 6.87. The van der Waals surface area contributed by atoms with E-state index in [4.69, 9.17) is 16.3 Å². The predicted octanol–water partition coefficient (Wildman–Crippen LogP) is 3.16. The highest BCUT2D eigenvalue weighted by molar-refractivity contribution is 6.18. The summed E-state index contributed by atoms with van der Waals surface area (Å²) in [7, 11) is 0. The molecule has 1 atom stereocenters. The molecular weight excluding hydrogens is 276 g/mol. The summed E-state index contributed by atoms with van der Waals surface area (Å²) in [6, 6.07) is 2.24. The molecule has 0 aliphatic heterocycles. The third-order valence-corrected chi connectivity index (χ3v) is 2.83. The van der Waals surface area contributed by atoms with Crippen LogP contribution in [0, 0.1) is 11.6 Å². The normalized spacial score (nSPS) is 12.3. The number of benzene rings is 1. The average Bonchev–Trinajstić information content (AvgIpc) is 2.37. The number of hydrogen-bond donors (Lipinski definition) is 2. The fourth-order valence-corrected chi connectivity index (χ4v) is 1.52. The van der Waals surface area contributed by atoms with Crippen molar-refractivity contribution in [1.82, 2.24) is 0 Å². The molecule has 0 saturated heterocycles. The maximum Gasteiger partial charge on any atom is 0.152 e. The lowest BCUT2D eigenvalue weighted by molar-refractivity contribution is 0.211. The van der Waals surface area contributed by atoms with Gasteiger partial charge < -0.3 is 15.2 Å². The molecule has 2 N–H and O–H groups in total. The van der Waals surface area contributed by atoms with E-state index in [9.17, 15) is 13.9 Å². The molecule has 0 saturated carbocycles. The largest absolute Gasteiger partial charge is 0.493 e. The van der Waals surface area contributed by atoms with Gasteiger partial charge in [-0.05, 0) is 6.42 Å². The molecule has 19 heavy (non-hydrogen) atoms. The molecule has 0 aliphatic rings. The van der Waals surface area contributed by atoms with E-state index in [2.05, 4.69) is 5.32 Å². The van der Waals surface area contributed by atoms with Gasteiger partial charge in [-0.15, -0.1) is 11.6 Å². The molecule has 1 aromatic carbocycles. The van der Waals surface area contributed by atoms with Gasteiger partial charge in [-0.25, -0.2) is 8.78 Å². The number of unbranched alkanes of at least 4 members (excludes halogenated alkanes) is 1. The number of nitrogens with one attached hydrogen (secondary N) is 1. The summed E-state index contributed by atoms with van der Waals surface area (Å²) in [5, 5.41) is 11.7. The summed E-state index contributed by atoms with van der Waals surface area (Å²) in [4.78, 5) is 0. The summed E-state index contributed by atoms with van der Waals surface area (Å²) in [5.41, 5.74) is -0.285. The van der Waals surface area contributed by atoms with Crippen molar-refractivity contribution in [2.24, 2.45) is 0 Å². The summed E-state index contributed by atoms with van der Waals surface area (Å²) < 4.78 is 32.6. The van der Waals surface area contributed by atoms with Gasteiger partial charge in [0.1, 0.15) is 11.4 Å². The SMILES string of the molecule is CCCCOc1cc(F)c(NCC(O)CCl)c(F)c1. The lowest BCUT2D eigenvalue weighted by Gasteiger charge is -2.13. The van der Waals surface area contributed by atoms with Crippen LogP contribution in [0.4, 0.5) is 14.5 Å². The minimum atomic E-state index is -0.860. The molecule has 1 aromatic rings. The highest BCUT2D eigenvalue weighted by Crippen LogP contribution is 2.25. The average molecular weight is 294 g/mol. The first-order chi connectivity index (χ1) is 9.08. The third-order valence-electron chi connectivity index (χ3n) is 2.47. The van der Waals surface area contributed by atoms with Crippen LogP contribution in [-0.4, -0.2) is 30.2 Å². The van der Waals surface area contributed by atoms with E-state index >= 15 is 0 Å². The van der Waals surface area contributed by atoms with E-state index in [1.54, 1.807) is 0 Å². The highest BCUT2D eigenvalue weighted by atomic mass is 35.5. The van der Waals surface area contributed by atoms with Gasteiger partial charge in [-0.3, -0.25) is 0 Å². The molecular formula is C13H18ClF2NO2. The zero-order valence-corrected chi connectivity index (χ0v) is 11.5. The molecule has 1 rings (SSSR count). The first kappa shape index (κ1) is 16.0. The van der Waals surface area contributed by atoms with Gasteiger partial charge in [-0.1, -0.05) is 13.3 Å². The number of anilines is 1. The molecule has 6 heteroatoms. The van der Waals surface area contributed by atoms with Crippen LogP contribution in [0.1, 0.15) is 19.8 Å². The standard InChI is InChI=1S/C13H18ClF2NO2/c1-2-3-4-19-10-5-11(15)13(12(16)6-10)17-8-9(18)7-14/h5-6,9,17-18H,2-4,7-8H2,1H3. The maximum atomic E-state index is 13.7. The van der Waals surface area contributed by atoms with Crippen molar-refractivity contribution in [3.8, 4) is 5.75 Å². The zero-order valence-electron chi connectivity index (χ0n) is 10.8. The number of alkyl halides is 1. The van der Waals surface area contributed by atoms with Crippen molar-refractivity contribution >= 4 is 17.3 Å². The van der Waals surface area contributed by atoms with Crippen molar-refractivity contribution < 1.29 is 18.6 Å².